The van der Waals surface area contributed by atoms with Crippen LogP contribution in [0.4, 0.5) is 5.13 Å². The van der Waals surface area contributed by atoms with Gasteiger partial charge in [0.2, 0.25) is 5.91 Å². The summed E-state index contributed by atoms with van der Waals surface area (Å²) in [6, 6.07) is 13.5. The Morgan fingerprint density at radius 1 is 1.03 bits per heavy atom. The van der Waals surface area contributed by atoms with Gasteiger partial charge in [-0.05, 0) is 44.1 Å². The second kappa shape index (κ2) is 12.2. The van der Waals surface area contributed by atoms with Gasteiger partial charge in [0.25, 0.3) is 5.91 Å². The van der Waals surface area contributed by atoms with E-state index < -0.39 is 0 Å². The van der Waals surface area contributed by atoms with Crippen molar-refractivity contribution in [1.82, 2.24) is 19.7 Å². The summed E-state index contributed by atoms with van der Waals surface area (Å²) in [6.07, 6.45) is 0.990. The SMILES string of the molecule is CN(C)CCN1CCN(C(=O)CCCN(C(=O)c2cccs2)c2nc(-c3cc4ccccc4o3)cs2)CC1. The van der Waals surface area contributed by atoms with Gasteiger partial charge in [-0.2, -0.15) is 0 Å². The number of carbonyl (C=O) groups is 2. The minimum Gasteiger partial charge on any atom is -0.454 e. The van der Waals surface area contributed by atoms with Crippen LogP contribution in [0, 0.1) is 0 Å². The first-order valence-corrected chi connectivity index (χ1v) is 14.7. The number of thiazole rings is 1. The topological polar surface area (TPSA) is 73.1 Å². The Hall–Kier alpha value is -3.05. The van der Waals surface area contributed by atoms with Crippen LogP contribution >= 0.6 is 22.7 Å². The molecule has 38 heavy (non-hydrogen) atoms. The molecule has 200 valence electrons. The number of likely N-dealkylation sites (N-methyl/N-ethyl adjacent to an activating group) is 1. The lowest BCUT2D eigenvalue weighted by molar-refractivity contribution is -0.133. The molecule has 0 bridgehead atoms. The molecule has 0 radical (unpaired) electrons. The van der Waals surface area contributed by atoms with Gasteiger partial charge >= 0.3 is 0 Å². The highest BCUT2D eigenvalue weighted by molar-refractivity contribution is 7.14. The van der Waals surface area contributed by atoms with E-state index in [1.54, 1.807) is 4.90 Å². The van der Waals surface area contributed by atoms with Crippen molar-refractivity contribution in [2.24, 2.45) is 0 Å². The summed E-state index contributed by atoms with van der Waals surface area (Å²) in [4.78, 5) is 40.0. The summed E-state index contributed by atoms with van der Waals surface area (Å²) in [5.41, 5.74) is 1.51. The van der Waals surface area contributed by atoms with Crippen molar-refractivity contribution in [2.45, 2.75) is 12.8 Å². The number of carbonyl (C=O) groups excluding carboxylic acids is 2. The number of piperazine rings is 1. The van der Waals surface area contributed by atoms with Crippen LogP contribution in [0.15, 0.2) is 57.6 Å². The first-order valence-electron chi connectivity index (χ1n) is 12.9. The third-order valence-electron chi connectivity index (χ3n) is 6.74. The monoisotopic (exact) mass is 551 g/mol. The molecule has 4 aromatic rings. The van der Waals surface area contributed by atoms with E-state index in [2.05, 4.69) is 23.9 Å². The van der Waals surface area contributed by atoms with Gasteiger partial charge in [-0.1, -0.05) is 24.3 Å². The van der Waals surface area contributed by atoms with Gasteiger partial charge in [0, 0.05) is 63.0 Å². The first kappa shape index (κ1) is 26.6. The van der Waals surface area contributed by atoms with E-state index in [4.69, 9.17) is 9.40 Å². The Kier molecular flexibility index (Phi) is 8.53. The second-order valence-electron chi connectivity index (χ2n) is 9.73. The number of furan rings is 1. The second-order valence-corrected chi connectivity index (χ2v) is 11.5. The summed E-state index contributed by atoms with van der Waals surface area (Å²) in [7, 11) is 4.16. The zero-order valence-corrected chi connectivity index (χ0v) is 23.5. The minimum atomic E-state index is -0.0903. The van der Waals surface area contributed by atoms with Gasteiger partial charge in [-0.25, -0.2) is 4.98 Å². The van der Waals surface area contributed by atoms with Gasteiger partial charge in [0.1, 0.15) is 11.3 Å². The number of benzene rings is 1. The van der Waals surface area contributed by atoms with Crippen molar-refractivity contribution in [3.8, 4) is 11.5 Å². The number of rotatable bonds is 10. The normalized spacial score (nSPS) is 14.4. The van der Waals surface area contributed by atoms with Gasteiger partial charge in [0.15, 0.2) is 10.9 Å². The summed E-state index contributed by atoms with van der Waals surface area (Å²) < 4.78 is 5.98. The molecule has 0 spiro atoms. The quantitative estimate of drug-likeness (QED) is 0.283. The van der Waals surface area contributed by atoms with E-state index in [0.29, 0.717) is 40.8 Å². The maximum Gasteiger partial charge on any atom is 0.270 e. The molecular formula is C28H33N5O3S2. The van der Waals surface area contributed by atoms with Crippen LogP contribution in [0.25, 0.3) is 22.4 Å². The molecule has 0 aliphatic carbocycles. The Balaban J connectivity index is 1.22. The van der Waals surface area contributed by atoms with Crippen LogP contribution in [0.3, 0.4) is 0 Å². The average molecular weight is 552 g/mol. The number of nitrogens with zero attached hydrogens (tertiary/aromatic N) is 5. The van der Waals surface area contributed by atoms with Crippen LogP contribution in [-0.4, -0.2) is 91.4 Å². The maximum atomic E-state index is 13.4. The number of hydrogen-bond donors (Lipinski definition) is 0. The number of aromatic nitrogens is 1. The van der Waals surface area contributed by atoms with Crippen LogP contribution in [0.5, 0.6) is 0 Å². The molecule has 1 aliphatic rings. The molecule has 1 aliphatic heterocycles. The standard InChI is InChI=1S/C28H33N5O3S2/c1-30(2)12-13-31-14-16-32(17-15-31)26(34)10-5-11-33(27(35)25-9-6-18-37-25)28-29-22(20-38-28)24-19-21-7-3-4-8-23(21)36-24/h3-4,6-9,18-20H,5,10-17H2,1-2H3. The molecule has 4 heterocycles. The van der Waals surface area contributed by atoms with Gasteiger partial charge in [-0.3, -0.25) is 19.4 Å². The van der Waals surface area contributed by atoms with E-state index in [-0.39, 0.29) is 11.8 Å². The van der Waals surface area contributed by atoms with Crippen LogP contribution < -0.4 is 4.90 Å². The summed E-state index contributed by atoms with van der Waals surface area (Å²) in [5.74, 6) is 0.743. The highest BCUT2D eigenvalue weighted by Crippen LogP contribution is 2.32. The van der Waals surface area contributed by atoms with Crippen LogP contribution in [0.2, 0.25) is 0 Å². The van der Waals surface area contributed by atoms with Crippen molar-refractivity contribution >= 4 is 50.6 Å². The number of hydrogen-bond acceptors (Lipinski definition) is 8. The van der Waals surface area contributed by atoms with E-state index in [9.17, 15) is 9.59 Å². The van der Waals surface area contributed by atoms with Crippen molar-refractivity contribution in [3.63, 3.8) is 0 Å². The third kappa shape index (κ3) is 6.32. The Morgan fingerprint density at radius 2 is 1.84 bits per heavy atom. The molecule has 3 aromatic heterocycles. The summed E-state index contributed by atoms with van der Waals surface area (Å²) >= 11 is 2.83. The van der Waals surface area contributed by atoms with Crippen molar-refractivity contribution < 1.29 is 14.0 Å². The number of fused-ring (bicyclic) bond motifs is 1. The fraction of sp³-hybridized carbons (Fsp3) is 0.393. The Bertz CT molecular complexity index is 1320. The zero-order chi connectivity index (χ0) is 26.5. The molecule has 10 heteroatoms. The number of amides is 2. The van der Waals surface area contributed by atoms with E-state index >= 15 is 0 Å². The van der Waals surface area contributed by atoms with Gasteiger partial charge in [0.05, 0.1) is 4.88 Å². The number of thiophene rings is 1. The predicted octanol–water partition coefficient (Wildman–Crippen LogP) is 4.75. The number of para-hydroxylation sites is 1. The lowest BCUT2D eigenvalue weighted by Crippen LogP contribution is -2.50. The van der Waals surface area contributed by atoms with Crippen LogP contribution in [0.1, 0.15) is 22.5 Å². The van der Waals surface area contributed by atoms with Crippen LogP contribution in [-0.2, 0) is 4.79 Å². The van der Waals surface area contributed by atoms with E-state index in [0.717, 1.165) is 50.2 Å². The Morgan fingerprint density at radius 3 is 2.58 bits per heavy atom. The van der Waals surface area contributed by atoms with Crippen molar-refractivity contribution in [3.05, 3.63) is 58.1 Å². The molecule has 0 N–H and O–H groups in total. The lowest BCUT2D eigenvalue weighted by Gasteiger charge is -2.35. The molecule has 0 unspecified atom stereocenters. The number of anilines is 1. The average Bonchev–Trinajstić information content (AvgIpc) is 3.70. The molecule has 0 saturated carbocycles. The molecule has 1 aromatic carbocycles. The molecule has 5 rings (SSSR count). The fourth-order valence-electron chi connectivity index (χ4n) is 4.54. The highest BCUT2D eigenvalue weighted by Gasteiger charge is 2.24. The molecule has 8 nitrogen and oxygen atoms in total. The first-order chi connectivity index (χ1) is 18.5. The minimum absolute atomic E-state index is 0.0903. The van der Waals surface area contributed by atoms with E-state index in [1.807, 2.05) is 58.1 Å². The molecule has 0 atom stereocenters. The lowest BCUT2D eigenvalue weighted by atomic mass is 10.2. The highest BCUT2D eigenvalue weighted by atomic mass is 32.1. The van der Waals surface area contributed by atoms with Gasteiger partial charge < -0.3 is 14.2 Å². The smallest absolute Gasteiger partial charge is 0.270 e. The fourth-order valence-corrected chi connectivity index (χ4v) is 6.05. The maximum absolute atomic E-state index is 13.4. The molecule has 2 amide bonds. The zero-order valence-electron chi connectivity index (χ0n) is 21.8. The van der Waals surface area contributed by atoms with Gasteiger partial charge in [-0.15, -0.1) is 22.7 Å². The van der Waals surface area contributed by atoms with E-state index in [1.165, 1.54) is 22.7 Å². The summed E-state index contributed by atoms with van der Waals surface area (Å²) in [6.45, 7) is 5.82. The predicted molar refractivity (Wildman–Crippen MR) is 154 cm³/mol. The molecular weight excluding hydrogens is 518 g/mol. The third-order valence-corrected chi connectivity index (χ3v) is 8.46. The van der Waals surface area contributed by atoms with Crippen molar-refractivity contribution in [2.75, 3.05) is 64.8 Å². The largest absolute Gasteiger partial charge is 0.454 e. The molecule has 1 fully saturated rings. The summed E-state index contributed by atoms with van der Waals surface area (Å²) in [5, 5.41) is 5.44. The van der Waals surface area contributed by atoms with Crippen molar-refractivity contribution in [1.29, 1.82) is 0 Å². The molecule has 1 saturated heterocycles. The Labute approximate surface area is 231 Å².